The molecule has 0 aliphatic heterocycles. The number of thiophene rings is 2. The van der Waals surface area contributed by atoms with Crippen molar-refractivity contribution in [1.29, 1.82) is 0 Å². The molecule has 0 unspecified atom stereocenters. The van der Waals surface area contributed by atoms with Gasteiger partial charge in [0.15, 0.2) is 0 Å². The van der Waals surface area contributed by atoms with Crippen molar-refractivity contribution in [2.45, 2.75) is 0 Å². The van der Waals surface area contributed by atoms with Gasteiger partial charge in [-0.05, 0) is 204 Å². The zero-order valence-electron chi connectivity index (χ0n) is 77.6. The molecule has 22 aromatic carbocycles. The Bertz CT molecular complexity index is 10600. The molecular weight excluding hydrogens is 1790 g/mol. The molecule has 0 atom stereocenters. The second-order valence-corrected chi connectivity index (χ2v) is 39.5. The van der Waals surface area contributed by atoms with Gasteiger partial charge in [-0.3, -0.25) is 0 Å². The van der Waals surface area contributed by atoms with Crippen molar-refractivity contribution in [3.05, 3.63) is 491 Å². The highest BCUT2D eigenvalue weighted by Crippen LogP contribution is 2.50. The van der Waals surface area contributed by atoms with Crippen molar-refractivity contribution in [2.75, 3.05) is 0 Å². The molecule has 9 heterocycles. The molecule has 0 N–H and O–H groups in total. The fourth-order valence-corrected chi connectivity index (χ4v) is 25.0. The van der Waals surface area contributed by atoms with Crippen LogP contribution in [0.25, 0.3) is 294 Å². The van der Waals surface area contributed by atoms with Gasteiger partial charge in [-0.25, -0.2) is 15.0 Å². The quantitative estimate of drug-likeness (QED) is 0.136. The lowest BCUT2D eigenvalue weighted by molar-refractivity contribution is 0.669. The second kappa shape index (κ2) is 33.7. The second-order valence-electron chi connectivity index (χ2n) is 37.4. The molecule has 31 rings (SSSR count). The van der Waals surface area contributed by atoms with Gasteiger partial charge in [0, 0.05) is 133 Å². The van der Waals surface area contributed by atoms with Crippen LogP contribution in [0.1, 0.15) is 0 Å². The molecule has 670 valence electrons. The molecule has 144 heavy (non-hydrogen) atoms. The number of aromatic nitrogens is 5. The zero-order valence-corrected chi connectivity index (χ0v) is 79.3. The first kappa shape index (κ1) is 82.6. The summed E-state index contributed by atoms with van der Waals surface area (Å²) in [6.07, 6.45) is 0. The van der Waals surface area contributed by atoms with Crippen molar-refractivity contribution in [3.8, 4) is 101 Å². The summed E-state index contributed by atoms with van der Waals surface area (Å²) in [5, 5.41) is 26.7. The van der Waals surface area contributed by atoms with Crippen LogP contribution in [0.3, 0.4) is 0 Å². The van der Waals surface area contributed by atoms with Crippen molar-refractivity contribution in [1.82, 2.24) is 24.1 Å². The first-order valence-corrected chi connectivity index (χ1v) is 50.5. The average molecular weight is 1870 g/mol. The van der Waals surface area contributed by atoms with E-state index in [4.69, 9.17) is 23.8 Å². The Balaban J connectivity index is 0.000000103. The third-order valence-electron chi connectivity index (χ3n) is 29.2. The topological polar surface area (TPSA) is 74.8 Å². The summed E-state index contributed by atoms with van der Waals surface area (Å²) >= 11 is 3.75. The molecule has 0 saturated heterocycles. The van der Waals surface area contributed by atoms with Crippen LogP contribution >= 0.6 is 22.7 Å². The summed E-state index contributed by atoms with van der Waals surface area (Å²) in [7, 11) is 0. The van der Waals surface area contributed by atoms with Gasteiger partial charge in [0.25, 0.3) is 0 Å². The van der Waals surface area contributed by atoms with Crippen LogP contribution < -0.4 is 0 Å². The van der Waals surface area contributed by atoms with E-state index in [9.17, 15) is 0 Å². The number of benzene rings is 22. The smallest absolute Gasteiger partial charge is 0.143 e. The fourth-order valence-electron chi connectivity index (χ4n) is 22.5. The highest BCUT2D eigenvalue weighted by atomic mass is 32.1. The number of hydrogen-bond donors (Lipinski definition) is 0. The Morgan fingerprint density at radius 1 is 0.188 bits per heavy atom. The molecular formula is C135H81N5O2S2. The van der Waals surface area contributed by atoms with E-state index in [0.717, 1.165) is 161 Å². The average Bonchev–Trinajstić information content (AvgIpc) is 1.56. The van der Waals surface area contributed by atoms with Crippen LogP contribution in [0.2, 0.25) is 0 Å². The lowest BCUT2D eigenvalue weighted by atomic mass is 9.95. The van der Waals surface area contributed by atoms with E-state index in [0.29, 0.717) is 0 Å². The van der Waals surface area contributed by atoms with Crippen molar-refractivity contribution in [2.24, 2.45) is 0 Å². The van der Waals surface area contributed by atoms with Gasteiger partial charge in [0.1, 0.15) is 22.3 Å². The van der Waals surface area contributed by atoms with Crippen molar-refractivity contribution < 1.29 is 8.83 Å². The predicted octanol–water partition coefficient (Wildman–Crippen LogP) is 38.2. The molecule has 0 bridgehead atoms. The van der Waals surface area contributed by atoms with Crippen LogP contribution in [-0.2, 0) is 0 Å². The molecule has 0 radical (unpaired) electrons. The summed E-state index contributed by atoms with van der Waals surface area (Å²) in [4.78, 5) is 16.3. The van der Waals surface area contributed by atoms with Crippen molar-refractivity contribution >= 4 is 215 Å². The molecule has 0 amide bonds. The Labute approximate surface area is 834 Å². The maximum Gasteiger partial charge on any atom is 0.143 e. The van der Waals surface area contributed by atoms with Crippen LogP contribution in [-0.4, -0.2) is 24.1 Å². The highest BCUT2D eigenvalue weighted by molar-refractivity contribution is 7.27. The molecule has 0 aliphatic rings. The van der Waals surface area contributed by atoms with E-state index in [-0.39, 0.29) is 0 Å². The normalized spacial score (nSPS) is 11.9. The van der Waals surface area contributed by atoms with Crippen LogP contribution in [0.5, 0.6) is 0 Å². The number of fused-ring (bicyclic) bond motifs is 30. The maximum atomic E-state index is 6.60. The predicted molar refractivity (Wildman–Crippen MR) is 610 cm³/mol. The standard InChI is InChI=1S/C49H30N2O.C43H26N2S.C43H25NOS/c1-3-12-31(13-4-1)42-30-43(50-48-40(42)26-27-46-47(48)41-25-22-32-14-7-8-19-37(32)49(41)52-46)35-16-11-15-33(28-35)34-23-24-39-38-20-9-10-21-44(38)51(45(39)29-34)36-17-5-2-6-18-36;1-2-10-27(11-3-1)36-26-37(29-18-21-30(22-19-29)45-38-16-8-6-14-32(38)33-15-7-9-17-39(33)45)44-42-34(36)24-25-40-41(42)35-23-20-28-12-4-5-13-31(28)43(35)46-40;1-2-10-27(11-3-1)42-34-21-22-40-41(35-20-17-26-9-4-5-14-31(26)43(35)46-40)36(34)25-37(44-42)30-13-8-12-28(23-30)29-18-19-33-32-15-6-7-16-38(32)45-39(33)24-29/h1-30H;1-26H;1-25H. The monoisotopic (exact) mass is 1870 g/mol. The Morgan fingerprint density at radius 2 is 0.583 bits per heavy atom. The lowest BCUT2D eigenvalue weighted by Crippen LogP contribution is -1.94. The summed E-state index contributed by atoms with van der Waals surface area (Å²) in [6.45, 7) is 0. The minimum atomic E-state index is 0.846. The Morgan fingerprint density at radius 3 is 1.19 bits per heavy atom. The number of nitrogens with zero attached hydrogens (tertiary/aromatic N) is 5. The minimum absolute atomic E-state index is 0.846. The molecule has 31 aromatic rings. The lowest BCUT2D eigenvalue weighted by Gasteiger charge is -2.13. The van der Waals surface area contributed by atoms with Gasteiger partial charge in [0.2, 0.25) is 0 Å². The van der Waals surface area contributed by atoms with Gasteiger partial charge in [-0.15, -0.1) is 22.7 Å². The summed E-state index contributed by atoms with van der Waals surface area (Å²) in [5.74, 6) is 0. The van der Waals surface area contributed by atoms with Gasteiger partial charge in [0.05, 0.1) is 61.3 Å². The van der Waals surface area contributed by atoms with Crippen LogP contribution in [0.4, 0.5) is 0 Å². The van der Waals surface area contributed by atoms with E-state index < -0.39 is 0 Å². The molecule has 7 nitrogen and oxygen atoms in total. The summed E-state index contributed by atoms with van der Waals surface area (Å²) < 4.78 is 22.8. The van der Waals surface area contributed by atoms with Gasteiger partial charge < -0.3 is 18.0 Å². The molecule has 0 fully saturated rings. The number of rotatable bonds is 10. The third kappa shape index (κ3) is 13.6. The SMILES string of the molecule is c1ccc(-c2cc(-c3ccc(-n4c5ccccc5c5ccccc54)cc3)nc3c2ccc2sc4c5ccccc5ccc4c23)cc1.c1ccc(-c2cc(-c3cccc(-c4ccc5c6ccccc6n(-c6ccccc6)c5c4)c3)nc3c2ccc2oc4c5ccccc5ccc4c23)cc1.c1ccc(-c2nc(-c3cccc(-c4ccc5c(c4)oc4ccccc45)c3)cc3c2ccc2sc4c5ccccc5ccc4c23)cc1. The van der Waals surface area contributed by atoms with Gasteiger partial charge in [-0.1, -0.05) is 364 Å². The van der Waals surface area contributed by atoms with Gasteiger partial charge >= 0.3 is 0 Å². The van der Waals surface area contributed by atoms with E-state index in [1.807, 2.05) is 34.8 Å². The first-order valence-electron chi connectivity index (χ1n) is 48.9. The largest absolute Gasteiger partial charge is 0.456 e. The van der Waals surface area contributed by atoms with E-state index >= 15 is 0 Å². The van der Waals surface area contributed by atoms with E-state index in [1.165, 1.54) is 133 Å². The van der Waals surface area contributed by atoms with Gasteiger partial charge in [-0.2, -0.15) is 0 Å². The number of para-hydroxylation sites is 5. The summed E-state index contributed by atoms with van der Waals surface area (Å²) in [5.41, 5.74) is 30.2. The fraction of sp³-hybridized carbons (Fsp3) is 0. The van der Waals surface area contributed by atoms with E-state index in [1.54, 1.807) is 0 Å². The minimum Gasteiger partial charge on any atom is -0.456 e. The molecule has 9 aromatic heterocycles. The first-order chi connectivity index (χ1) is 71.4. The molecule has 0 spiro atoms. The van der Waals surface area contributed by atoms with Crippen molar-refractivity contribution in [3.63, 3.8) is 0 Å². The number of furan rings is 2. The third-order valence-corrected chi connectivity index (χ3v) is 31.6. The Hall–Kier alpha value is -18.5. The summed E-state index contributed by atoms with van der Waals surface area (Å²) in [6, 6.07) is 176. The highest BCUT2D eigenvalue weighted by Gasteiger charge is 2.25. The molecule has 0 aliphatic carbocycles. The zero-order chi connectivity index (χ0) is 94.6. The number of hydrogen-bond acceptors (Lipinski definition) is 7. The van der Waals surface area contributed by atoms with E-state index in [2.05, 4.69) is 488 Å². The Kier molecular flexibility index (Phi) is 19.3. The van der Waals surface area contributed by atoms with Crippen LogP contribution in [0, 0.1) is 0 Å². The number of pyridine rings is 3. The van der Waals surface area contributed by atoms with Crippen LogP contribution in [0.15, 0.2) is 500 Å². The maximum absolute atomic E-state index is 6.60. The molecule has 9 heteroatoms. The molecule has 0 saturated carbocycles.